The molecule has 4 aromatic rings. The van der Waals surface area contributed by atoms with Gasteiger partial charge in [-0.15, -0.1) is 0 Å². The van der Waals surface area contributed by atoms with Crippen molar-refractivity contribution in [1.82, 2.24) is 10.2 Å². The van der Waals surface area contributed by atoms with E-state index in [0.717, 1.165) is 22.4 Å². The minimum absolute atomic E-state index is 0.0258. The number of halogens is 1. The normalized spacial score (nSPS) is 13.1. The average Bonchev–Trinajstić information content (AvgIpc) is 2.98. The molecule has 1 saturated heterocycles. The first-order valence-corrected chi connectivity index (χ1v) is 13.8. The molecule has 0 spiro atoms. The van der Waals surface area contributed by atoms with Crippen LogP contribution in [0.2, 0.25) is 5.02 Å². The molecule has 0 unspecified atom stereocenters. The molecule has 6 nitrogen and oxygen atoms in total. The molecule has 0 radical (unpaired) electrons. The lowest BCUT2D eigenvalue weighted by Gasteiger charge is -2.37. The van der Waals surface area contributed by atoms with Crippen molar-refractivity contribution in [2.24, 2.45) is 0 Å². The third-order valence-electron chi connectivity index (χ3n) is 6.90. The summed E-state index contributed by atoms with van der Waals surface area (Å²) < 4.78 is 0. The first kappa shape index (κ1) is 27.4. The van der Waals surface area contributed by atoms with Gasteiger partial charge in [-0.25, -0.2) is 0 Å². The van der Waals surface area contributed by atoms with Gasteiger partial charge in [0.1, 0.15) is 0 Å². The molecule has 40 heavy (non-hydrogen) atoms. The Morgan fingerprint density at radius 2 is 1.38 bits per heavy atom. The molecule has 1 heterocycles. The van der Waals surface area contributed by atoms with Crippen LogP contribution in [-0.2, 0) is 0 Å². The fraction of sp³-hybridized carbons (Fsp3) is 0.156. The van der Waals surface area contributed by atoms with Crippen LogP contribution in [0.5, 0.6) is 0 Å². The maximum atomic E-state index is 13.0. The highest BCUT2D eigenvalue weighted by Gasteiger charge is 2.25. The molecule has 0 saturated carbocycles. The Morgan fingerprint density at radius 3 is 2.05 bits per heavy atom. The van der Waals surface area contributed by atoms with E-state index in [-0.39, 0.29) is 16.9 Å². The second kappa shape index (κ2) is 12.3. The van der Waals surface area contributed by atoms with Gasteiger partial charge in [0.15, 0.2) is 5.11 Å². The molecule has 2 N–H and O–H groups in total. The van der Waals surface area contributed by atoms with E-state index in [1.807, 2.05) is 96.8 Å². The van der Waals surface area contributed by atoms with Crippen LogP contribution >= 0.6 is 23.8 Å². The van der Waals surface area contributed by atoms with Crippen LogP contribution in [0.15, 0.2) is 97.1 Å². The summed E-state index contributed by atoms with van der Waals surface area (Å²) in [5.41, 5.74) is 5.91. The van der Waals surface area contributed by atoms with Gasteiger partial charge in [-0.3, -0.25) is 14.9 Å². The number of carbonyl (C=O) groups excluding carboxylic acids is 2. The number of amides is 2. The van der Waals surface area contributed by atoms with Crippen LogP contribution in [0.3, 0.4) is 0 Å². The van der Waals surface area contributed by atoms with E-state index in [1.165, 1.54) is 0 Å². The van der Waals surface area contributed by atoms with E-state index >= 15 is 0 Å². The van der Waals surface area contributed by atoms with Crippen molar-refractivity contribution in [3.05, 3.63) is 119 Å². The largest absolute Gasteiger partial charge is 0.365 e. The van der Waals surface area contributed by atoms with E-state index in [0.29, 0.717) is 48.0 Å². The number of carbonyl (C=O) groups is 2. The summed E-state index contributed by atoms with van der Waals surface area (Å²) >= 11 is 12.1. The second-order valence-corrected chi connectivity index (χ2v) is 10.4. The smallest absolute Gasteiger partial charge is 0.257 e. The summed E-state index contributed by atoms with van der Waals surface area (Å²) in [7, 11) is 0. The molecule has 1 fully saturated rings. The number of nitrogens with zero attached hydrogens (tertiary/aromatic N) is 2. The maximum Gasteiger partial charge on any atom is 0.257 e. The number of thiocarbonyl (C=S) groups is 1. The number of nitrogens with one attached hydrogen (secondary N) is 2. The van der Waals surface area contributed by atoms with Crippen LogP contribution in [0, 0.1) is 6.92 Å². The van der Waals surface area contributed by atoms with Crippen LogP contribution in [-0.4, -0.2) is 48.0 Å². The monoisotopic (exact) mass is 568 g/mol. The zero-order valence-corrected chi connectivity index (χ0v) is 23.6. The van der Waals surface area contributed by atoms with Gasteiger partial charge < -0.3 is 15.1 Å². The standard InChI is InChI=1S/C32H29ClN4O2S/c1-22-10-12-26(13-11-22)31(39)37-20-18-36(19-21-37)29-27(33)8-5-9-28(29)34-32(40)35-30(38)25-16-14-24(15-17-25)23-6-3-2-4-7-23/h2-17H,18-21H2,1H3,(H2,34,35,38,40). The molecule has 4 aromatic carbocycles. The molecule has 0 bridgehead atoms. The Kier molecular flexibility index (Phi) is 8.43. The SMILES string of the molecule is Cc1ccc(C(=O)N2CCN(c3c(Cl)cccc3NC(=S)NC(=O)c3ccc(-c4ccccc4)cc3)CC2)cc1. The van der Waals surface area contributed by atoms with E-state index in [9.17, 15) is 9.59 Å². The fourth-order valence-electron chi connectivity index (χ4n) is 4.72. The zero-order valence-electron chi connectivity index (χ0n) is 22.1. The highest BCUT2D eigenvalue weighted by Crippen LogP contribution is 2.34. The Labute approximate surface area is 244 Å². The number of anilines is 2. The lowest BCUT2D eigenvalue weighted by molar-refractivity contribution is 0.0746. The number of hydrogen-bond donors (Lipinski definition) is 2. The Hall–Kier alpha value is -4.20. The second-order valence-electron chi connectivity index (χ2n) is 9.63. The molecule has 0 aromatic heterocycles. The Balaban J connectivity index is 1.21. The predicted molar refractivity (Wildman–Crippen MR) is 166 cm³/mol. The minimum Gasteiger partial charge on any atom is -0.365 e. The Morgan fingerprint density at radius 1 is 0.750 bits per heavy atom. The van der Waals surface area contributed by atoms with Gasteiger partial charge in [0.25, 0.3) is 11.8 Å². The van der Waals surface area contributed by atoms with Crippen molar-refractivity contribution in [3.63, 3.8) is 0 Å². The minimum atomic E-state index is -0.302. The summed E-state index contributed by atoms with van der Waals surface area (Å²) in [4.78, 5) is 29.8. The Bertz CT molecular complexity index is 1520. The van der Waals surface area contributed by atoms with Crippen LogP contribution in [0.1, 0.15) is 26.3 Å². The first-order valence-electron chi connectivity index (χ1n) is 13.1. The molecule has 8 heteroatoms. The molecule has 202 valence electrons. The van der Waals surface area contributed by atoms with Gasteiger partial charge >= 0.3 is 0 Å². The van der Waals surface area contributed by atoms with E-state index in [2.05, 4.69) is 15.5 Å². The molecule has 2 amide bonds. The number of aryl methyl sites for hydroxylation is 1. The number of hydrogen-bond acceptors (Lipinski definition) is 4. The summed E-state index contributed by atoms with van der Waals surface area (Å²) in [6, 6.07) is 30.5. The number of piperazine rings is 1. The van der Waals surface area contributed by atoms with E-state index < -0.39 is 0 Å². The summed E-state index contributed by atoms with van der Waals surface area (Å²) in [5, 5.41) is 6.65. The summed E-state index contributed by atoms with van der Waals surface area (Å²) in [6.45, 7) is 4.36. The van der Waals surface area contributed by atoms with Gasteiger partial charge in [0.2, 0.25) is 0 Å². The summed E-state index contributed by atoms with van der Waals surface area (Å²) in [5.74, 6) is -0.276. The van der Waals surface area contributed by atoms with Crippen LogP contribution < -0.4 is 15.5 Å². The quantitative estimate of drug-likeness (QED) is 0.273. The lowest BCUT2D eigenvalue weighted by Crippen LogP contribution is -2.49. The van der Waals surface area contributed by atoms with Crippen LogP contribution in [0.25, 0.3) is 11.1 Å². The number of rotatable bonds is 5. The summed E-state index contributed by atoms with van der Waals surface area (Å²) in [6.07, 6.45) is 0. The van der Waals surface area contributed by atoms with Crippen molar-refractivity contribution in [1.29, 1.82) is 0 Å². The van der Waals surface area contributed by atoms with Crippen LogP contribution in [0.4, 0.5) is 11.4 Å². The van der Waals surface area contributed by atoms with E-state index in [1.54, 1.807) is 12.1 Å². The topological polar surface area (TPSA) is 64.7 Å². The molecule has 0 aliphatic carbocycles. The van der Waals surface area contributed by atoms with Crippen molar-refractivity contribution < 1.29 is 9.59 Å². The first-order chi connectivity index (χ1) is 19.4. The molecular weight excluding hydrogens is 540 g/mol. The molecule has 0 atom stereocenters. The number of para-hydroxylation sites is 1. The highest BCUT2D eigenvalue weighted by atomic mass is 35.5. The number of benzene rings is 4. The molecule has 5 rings (SSSR count). The zero-order chi connectivity index (χ0) is 28.1. The van der Waals surface area contributed by atoms with Crippen molar-refractivity contribution in [3.8, 4) is 11.1 Å². The van der Waals surface area contributed by atoms with Gasteiger partial charge in [-0.1, -0.05) is 77.8 Å². The maximum absolute atomic E-state index is 13.0. The molecule has 1 aliphatic rings. The lowest BCUT2D eigenvalue weighted by atomic mass is 10.0. The van der Waals surface area contributed by atoms with Crippen molar-refractivity contribution in [2.75, 3.05) is 36.4 Å². The van der Waals surface area contributed by atoms with Crippen molar-refractivity contribution in [2.45, 2.75) is 6.92 Å². The van der Waals surface area contributed by atoms with E-state index in [4.69, 9.17) is 23.8 Å². The van der Waals surface area contributed by atoms with Crippen molar-refractivity contribution >= 4 is 52.1 Å². The molecular formula is C32H29ClN4O2S. The third-order valence-corrected chi connectivity index (χ3v) is 7.41. The van der Waals surface area contributed by atoms with Gasteiger partial charge in [-0.2, -0.15) is 0 Å². The third kappa shape index (κ3) is 6.33. The van der Waals surface area contributed by atoms with Gasteiger partial charge in [0.05, 0.1) is 16.4 Å². The molecule has 1 aliphatic heterocycles. The van der Waals surface area contributed by atoms with Gasteiger partial charge in [0, 0.05) is 37.3 Å². The van der Waals surface area contributed by atoms with Gasteiger partial charge in [-0.05, 0) is 66.7 Å². The average molecular weight is 569 g/mol. The fourth-order valence-corrected chi connectivity index (χ4v) is 5.22. The predicted octanol–water partition coefficient (Wildman–Crippen LogP) is 6.40. The highest BCUT2D eigenvalue weighted by molar-refractivity contribution is 7.80.